The average Bonchev–Trinajstić information content (AvgIpc) is 2.73. The van der Waals surface area contributed by atoms with Crippen LogP contribution in [0.1, 0.15) is 24.5 Å². The number of carbonyl (C=O) groups is 3. The Labute approximate surface area is 173 Å². The summed E-state index contributed by atoms with van der Waals surface area (Å²) in [6.07, 6.45) is 2.18. The number of urea groups is 1. The second-order valence-electron chi connectivity index (χ2n) is 6.64. The van der Waals surface area contributed by atoms with Gasteiger partial charge in [-0.3, -0.25) is 19.8 Å². The molecule has 1 aliphatic heterocycles. The molecular formula is C22H22N2O6. The summed E-state index contributed by atoms with van der Waals surface area (Å²) < 4.78 is 10.9. The van der Waals surface area contributed by atoms with Gasteiger partial charge in [0.15, 0.2) is 11.5 Å². The van der Waals surface area contributed by atoms with E-state index in [1.165, 1.54) is 25.3 Å². The minimum Gasteiger partial charge on any atom is -0.508 e. The van der Waals surface area contributed by atoms with Gasteiger partial charge < -0.3 is 14.6 Å². The molecule has 1 aliphatic rings. The molecule has 1 saturated heterocycles. The third-order valence-corrected chi connectivity index (χ3v) is 4.40. The summed E-state index contributed by atoms with van der Waals surface area (Å²) in [5.74, 6) is -0.462. The molecule has 3 rings (SSSR count). The first kappa shape index (κ1) is 20.9. The molecule has 0 aliphatic carbocycles. The van der Waals surface area contributed by atoms with Crippen molar-refractivity contribution in [3.63, 3.8) is 0 Å². The van der Waals surface area contributed by atoms with Crippen molar-refractivity contribution in [3.8, 4) is 17.2 Å². The summed E-state index contributed by atoms with van der Waals surface area (Å²) in [5.41, 5.74) is 0.891. The SMILES string of the molecule is CCCOc1ccc(CN2C(=O)NC(=O)/C(=C/c3cccc(O)c3)C2=O)cc1OC. The molecule has 2 aromatic rings. The summed E-state index contributed by atoms with van der Waals surface area (Å²) >= 11 is 0. The van der Waals surface area contributed by atoms with Gasteiger partial charge in [0.1, 0.15) is 11.3 Å². The van der Waals surface area contributed by atoms with E-state index in [2.05, 4.69) is 5.32 Å². The lowest BCUT2D eigenvalue weighted by Gasteiger charge is -2.26. The van der Waals surface area contributed by atoms with Crippen LogP contribution in [-0.2, 0) is 16.1 Å². The van der Waals surface area contributed by atoms with E-state index in [1.54, 1.807) is 30.3 Å². The van der Waals surface area contributed by atoms with Gasteiger partial charge in [-0.15, -0.1) is 0 Å². The molecule has 0 radical (unpaired) electrons. The number of ether oxygens (including phenoxy) is 2. The van der Waals surface area contributed by atoms with Crippen LogP contribution < -0.4 is 14.8 Å². The van der Waals surface area contributed by atoms with Gasteiger partial charge >= 0.3 is 6.03 Å². The number of nitrogens with zero attached hydrogens (tertiary/aromatic N) is 1. The summed E-state index contributed by atoms with van der Waals surface area (Å²) in [7, 11) is 1.51. The van der Waals surface area contributed by atoms with Crippen molar-refractivity contribution in [1.82, 2.24) is 10.2 Å². The van der Waals surface area contributed by atoms with Gasteiger partial charge in [0.05, 0.1) is 20.3 Å². The summed E-state index contributed by atoms with van der Waals surface area (Å²) in [6, 6.07) is 10.4. The zero-order valence-electron chi connectivity index (χ0n) is 16.7. The van der Waals surface area contributed by atoms with Gasteiger partial charge in [0, 0.05) is 0 Å². The minimum atomic E-state index is -0.802. The van der Waals surface area contributed by atoms with E-state index in [4.69, 9.17) is 9.47 Å². The van der Waals surface area contributed by atoms with Gasteiger partial charge in [0.2, 0.25) is 0 Å². The molecule has 1 fully saturated rings. The zero-order valence-corrected chi connectivity index (χ0v) is 16.7. The predicted octanol–water partition coefficient (Wildman–Crippen LogP) is 2.85. The maximum Gasteiger partial charge on any atom is 0.331 e. The molecule has 0 saturated carbocycles. The highest BCUT2D eigenvalue weighted by Crippen LogP contribution is 2.29. The normalized spacial score (nSPS) is 15.3. The Bertz CT molecular complexity index is 1010. The number of benzene rings is 2. The maximum absolute atomic E-state index is 12.9. The standard InChI is InChI=1S/C22H22N2O6/c1-3-9-30-18-8-7-15(12-19(18)29-2)13-24-21(27)17(20(26)23-22(24)28)11-14-5-4-6-16(25)10-14/h4-8,10-12,25H,3,9,13H2,1-2H3,(H,23,26,28)/b17-11-. The summed E-state index contributed by atoms with van der Waals surface area (Å²) in [4.78, 5) is 38.3. The highest BCUT2D eigenvalue weighted by atomic mass is 16.5. The van der Waals surface area contributed by atoms with Crippen LogP contribution in [0.4, 0.5) is 4.79 Å². The number of phenolic OH excluding ortho intramolecular Hbond substituents is 1. The topological polar surface area (TPSA) is 105 Å². The van der Waals surface area contributed by atoms with Crippen molar-refractivity contribution in [2.45, 2.75) is 19.9 Å². The quantitative estimate of drug-likeness (QED) is 0.537. The van der Waals surface area contributed by atoms with Gasteiger partial charge in [-0.05, 0) is 47.9 Å². The minimum absolute atomic E-state index is 0.00146. The van der Waals surface area contributed by atoms with Crippen LogP contribution in [0.25, 0.3) is 6.08 Å². The lowest BCUT2D eigenvalue weighted by atomic mass is 10.1. The molecule has 8 nitrogen and oxygen atoms in total. The average molecular weight is 410 g/mol. The Morgan fingerprint density at radius 3 is 2.60 bits per heavy atom. The van der Waals surface area contributed by atoms with Gasteiger partial charge in [0.25, 0.3) is 11.8 Å². The fourth-order valence-electron chi connectivity index (χ4n) is 2.94. The Morgan fingerprint density at radius 2 is 1.90 bits per heavy atom. The monoisotopic (exact) mass is 410 g/mol. The largest absolute Gasteiger partial charge is 0.508 e. The van der Waals surface area contributed by atoms with E-state index in [0.717, 1.165) is 11.3 Å². The highest BCUT2D eigenvalue weighted by molar-refractivity contribution is 6.30. The van der Waals surface area contributed by atoms with E-state index in [0.29, 0.717) is 29.2 Å². The Kier molecular flexibility index (Phi) is 6.36. The van der Waals surface area contributed by atoms with Gasteiger partial charge in [-0.1, -0.05) is 25.1 Å². The lowest BCUT2D eigenvalue weighted by molar-refractivity contribution is -0.130. The van der Waals surface area contributed by atoms with Crippen molar-refractivity contribution in [3.05, 3.63) is 59.2 Å². The Balaban J connectivity index is 1.85. The fraction of sp³-hybridized carbons (Fsp3) is 0.227. The van der Waals surface area contributed by atoms with E-state index in [-0.39, 0.29) is 17.9 Å². The van der Waals surface area contributed by atoms with Gasteiger partial charge in [-0.25, -0.2) is 4.79 Å². The van der Waals surface area contributed by atoms with Crippen molar-refractivity contribution < 1.29 is 29.0 Å². The van der Waals surface area contributed by atoms with Gasteiger partial charge in [-0.2, -0.15) is 0 Å². The molecule has 2 aromatic carbocycles. The van der Waals surface area contributed by atoms with E-state index in [1.807, 2.05) is 6.92 Å². The van der Waals surface area contributed by atoms with Crippen LogP contribution in [0.2, 0.25) is 0 Å². The number of nitrogens with one attached hydrogen (secondary N) is 1. The molecule has 0 aromatic heterocycles. The first-order chi connectivity index (χ1) is 14.4. The predicted molar refractivity (Wildman–Crippen MR) is 109 cm³/mol. The number of aromatic hydroxyl groups is 1. The summed E-state index contributed by atoms with van der Waals surface area (Å²) in [5, 5.41) is 11.8. The molecule has 8 heteroatoms. The van der Waals surface area contributed by atoms with Crippen LogP contribution in [0.3, 0.4) is 0 Å². The van der Waals surface area contributed by atoms with Crippen molar-refractivity contribution in [2.24, 2.45) is 0 Å². The molecule has 4 amide bonds. The third kappa shape index (κ3) is 4.60. The van der Waals surface area contributed by atoms with Crippen LogP contribution in [0.15, 0.2) is 48.0 Å². The fourth-order valence-corrected chi connectivity index (χ4v) is 2.94. The van der Waals surface area contributed by atoms with Crippen molar-refractivity contribution in [1.29, 1.82) is 0 Å². The number of barbiturate groups is 1. The number of amides is 4. The number of phenols is 1. The maximum atomic E-state index is 12.9. The number of imide groups is 2. The van der Waals surface area contributed by atoms with Crippen LogP contribution in [0, 0.1) is 0 Å². The number of hydrogen-bond donors (Lipinski definition) is 2. The van der Waals surface area contributed by atoms with Crippen LogP contribution >= 0.6 is 0 Å². The van der Waals surface area contributed by atoms with E-state index < -0.39 is 17.8 Å². The van der Waals surface area contributed by atoms with Crippen LogP contribution in [-0.4, -0.2) is 41.6 Å². The molecule has 30 heavy (non-hydrogen) atoms. The second kappa shape index (κ2) is 9.13. The molecule has 0 spiro atoms. The second-order valence-corrected chi connectivity index (χ2v) is 6.64. The zero-order chi connectivity index (χ0) is 21.7. The third-order valence-electron chi connectivity index (χ3n) is 4.40. The molecule has 2 N–H and O–H groups in total. The first-order valence-corrected chi connectivity index (χ1v) is 9.40. The summed E-state index contributed by atoms with van der Waals surface area (Å²) in [6.45, 7) is 2.47. The molecule has 156 valence electrons. The Hall–Kier alpha value is -3.81. The lowest BCUT2D eigenvalue weighted by Crippen LogP contribution is -2.53. The molecule has 0 bridgehead atoms. The van der Waals surface area contributed by atoms with Crippen molar-refractivity contribution >= 4 is 23.9 Å². The highest BCUT2D eigenvalue weighted by Gasteiger charge is 2.35. The number of methoxy groups -OCH3 is 1. The molecule has 1 heterocycles. The molecule has 0 unspecified atom stereocenters. The van der Waals surface area contributed by atoms with E-state index in [9.17, 15) is 19.5 Å². The van der Waals surface area contributed by atoms with Crippen LogP contribution in [0.5, 0.6) is 17.2 Å². The van der Waals surface area contributed by atoms with E-state index >= 15 is 0 Å². The Morgan fingerprint density at radius 1 is 1.10 bits per heavy atom. The van der Waals surface area contributed by atoms with Crippen molar-refractivity contribution in [2.75, 3.05) is 13.7 Å². The number of carbonyl (C=O) groups excluding carboxylic acids is 3. The number of rotatable bonds is 7. The first-order valence-electron chi connectivity index (χ1n) is 9.40. The molecule has 0 atom stereocenters. The molecular weight excluding hydrogens is 388 g/mol. The number of hydrogen-bond acceptors (Lipinski definition) is 6. The smallest absolute Gasteiger partial charge is 0.331 e.